The zero-order valence-electron chi connectivity index (χ0n) is 10.3. The summed E-state index contributed by atoms with van der Waals surface area (Å²) in [5.41, 5.74) is 6.63. The molecule has 0 amide bonds. The van der Waals surface area contributed by atoms with E-state index in [0.29, 0.717) is 16.8 Å². The predicted molar refractivity (Wildman–Crippen MR) is 80.3 cm³/mol. The third kappa shape index (κ3) is 3.29. The van der Waals surface area contributed by atoms with Crippen LogP contribution in [0.25, 0.3) is 0 Å². The predicted octanol–water partition coefficient (Wildman–Crippen LogP) is 4.56. The number of rotatable bonds is 4. The van der Waals surface area contributed by atoms with Gasteiger partial charge in [-0.2, -0.15) is 0 Å². The Morgan fingerprint density at radius 2 is 2.05 bits per heavy atom. The molecule has 0 unspecified atom stereocenters. The molecule has 0 atom stereocenters. The van der Waals surface area contributed by atoms with Crippen LogP contribution in [-0.4, -0.2) is 6.26 Å². The quantitative estimate of drug-likeness (QED) is 0.828. The summed E-state index contributed by atoms with van der Waals surface area (Å²) in [6, 6.07) is 10.3. The fourth-order valence-electron chi connectivity index (χ4n) is 1.71. The summed E-state index contributed by atoms with van der Waals surface area (Å²) in [6.07, 6.45) is 1.97. The summed E-state index contributed by atoms with van der Waals surface area (Å²) >= 11 is 4.80. The molecule has 2 aromatic rings. The summed E-state index contributed by atoms with van der Waals surface area (Å²) in [4.78, 5) is 1.04. The van der Waals surface area contributed by atoms with Crippen molar-refractivity contribution in [3.8, 4) is 11.5 Å². The molecule has 0 radical (unpaired) electrons. The molecule has 0 spiro atoms. The summed E-state index contributed by atoms with van der Waals surface area (Å²) < 4.78 is 20.1. The van der Waals surface area contributed by atoms with Gasteiger partial charge in [0.05, 0.1) is 0 Å². The number of nitrogens with two attached hydrogens (primary N) is 1. The lowest BCUT2D eigenvalue weighted by Gasteiger charge is -2.13. The Balaban J connectivity index is 2.37. The van der Waals surface area contributed by atoms with E-state index >= 15 is 0 Å². The highest BCUT2D eigenvalue weighted by Gasteiger charge is 2.11. The van der Waals surface area contributed by atoms with E-state index < -0.39 is 5.82 Å². The third-order valence-corrected chi connectivity index (χ3v) is 3.94. The summed E-state index contributed by atoms with van der Waals surface area (Å²) in [5, 5.41) is 0. The van der Waals surface area contributed by atoms with Gasteiger partial charge in [-0.05, 0) is 36.6 Å². The van der Waals surface area contributed by atoms with Crippen molar-refractivity contribution in [1.82, 2.24) is 0 Å². The van der Waals surface area contributed by atoms with Crippen LogP contribution in [0, 0.1) is 5.82 Å². The van der Waals surface area contributed by atoms with Gasteiger partial charge in [-0.3, -0.25) is 0 Å². The minimum atomic E-state index is -0.410. The maximum atomic E-state index is 13.8. The van der Waals surface area contributed by atoms with Crippen molar-refractivity contribution in [3.63, 3.8) is 0 Å². The molecule has 0 aliphatic carbocycles. The molecule has 2 N–H and O–H groups in total. The van der Waals surface area contributed by atoms with E-state index in [2.05, 4.69) is 15.9 Å². The molecule has 0 saturated carbocycles. The first kappa shape index (κ1) is 14.4. The largest absolute Gasteiger partial charge is 0.454 e. The molecular weight excluding hydrogens is 329 g/mol. The fraction of sp³-hybridized carbons (Fsp3) is 0.143. The molecule has 2 nitrogen and oxygen atoms in total. The van der Waals surface area contributed by atoms with Crippen molar-refractivity contribution in [2.45, 2.75) is 11.4 Å². The minimum absolute atomic E-state index is 0.191. The second kappa shape index (κ2) is 6.41. The Kier molecular flexibility index (Phi) is 4.85. The van der Waals surface area contributed by atoms with E-state index in [-0.39, 0.29) is 5.75 Å². The van der Waals surface area contributed by atoms with E-state index in [1.165, 1.54) is 6.07 Å². The average Bonchev–Trinajstić information content (AvgIpc) is 2.41. The Morgan fingerprint density at radius 3 is 2.68 bits per heavy atom. The Morgan fingerprint density at radius 1 is 1.26 bits per heavy atom. The number of thioether (sulfide) groups is 1. The number of hydrogen-bond donors (Lipinski definition) is 1. The van der Waals surface area contributed by atoms with Gasteiger partial charge in [-0.1, -0.05) is 22.0 Å². The van der Waals surface area contributed by atoms with Crippen LogP contribution in [0.15, 0.2) is 45.8 Å². The lowest BCUT2D eigenvalue weighted by molar-refractivity contribution is 0.436. The first-order valence-corrected chi connectivity index (χ1v) is 7.66. The van der Waals surface area contributed by atoms with Gasteiger partial charge in [-0.15, -0.1) is 11.8 Å². The lowest BCUT2D eigenvalue weighted by Crippen LogP contribution is -2.02. The highest BCUT2D eigenvalue weighted by Crippen LogP contribution is 2.33. The van der Waals surface area contributed by atoms with Gasteiger partial charge >= 0.3 is 0 Å². The molecule has 2 aromatic carbocycles. The van der Waals surface area contributed by atoms with Crippen LogP contribution in [0.2, 0.25) is 0 Å². The zero-order valence-corrected chi connectivity index (χ0v) is 12.7. The van der Waals surface area contributed by atoms with Gasteiger partial charge in [0, 0.05) is 21.5 Å². The van der Waals surface area contributed by atoms with Crippen LogP contribution >= 0.6 is 27.7 Å². The summed E-state index contributed by atoms with van der Waals surface area (Å²) in [7, 11) is 0. The van der Waals surface area contributed by atoms with Crippen molar-refractivity contribution in [2.24, 2.45) is 5.73 Å². The third-order valence-electron chi connectivity index (χ3n) is 2.63. The topological polar surface area (TPSA) is 35.2 Å². The van der Waals surface area contributed by atoms with Gasteiger partial charge in [0.2, 0.25) is 0 Å². The first-order chi connectivity index (χ1) is 9.15. The fourth-order valence-corrected chi connectivity index (χ4v) is 2.69. The summed E-state index contributed by atoms with van der Waals surface area (Å²) in [5.74, 6) is 0.374. The van der Waals surface area contributed by atoms with Gasteiger partial charge in [-0.25, -0.2) is 4.39 Å². The van der Waals surface area contributed by atoms with Gasteiger partial charge in [0.1, 0.15) is 5.75 Å². The summed E-state index contributed by atoms with van der Waals surface area (Å²) in [6.45, 7) is 0.352. The van der Waals surface area contributed by atoms with E-state index in [1.807, 2.05) is 18.4 Å². The van der Waals surface area contributed by atoms with Gasteiger partial charge in [0.25, 0.3) is 0 Å². The normalized spacial score (nSPS) is 10.5. The second-order valence-corrected chi connectivity index (χ2v) is 5.58. The average molecular weight is 342 g/mol. The molecule has 0 saturated heterocycles. The smallest absolute Gasteiger partial charge is 0.166 e. The van der Waals surface area contributed by atoms with Crippen LogP contribution < -0.4 is 10.5 Å². The van der Waals surface area contributed by atoms with Crippen molar-refractivity contribution in [2.75, 3.05) is 6.26 Å². The Bertz CT molecular complexity index is 592. The molecule has 2 rings (SSSR count). The number of hydrogen-bond acceptors (Lipinski definition) is 3. The SMILES string of the molecule is CSc1cccc(Oc2ccc(Br)cc2F)c1CN. The van der Waals surface area contributed by atoms with E-state index in [1.54, 1.807) is 30.0 Å². The van der Waals surface area contributed by atoms with Gasteiger partial charge in [0.15, 0.2) is 11.6 Å². The molecule has 0 aliphatic rings. The number of benzene rings is 2. The molecular formula is C14H13BrFNOS. The zero-order chi connectivity index (χ0) is 13.8. The van der Waals surface area contributed by atoms with Crippen LogP contribution in [-0.2, 0) is 6.54 Å². The Labute approximate surface area is 124 Å². The van der Waals surface area contributed by atoms with Crippen molar-refractivity contribution >= 4 is 27.7 Å². The Hall–Kier alpha value is -1.04. The van der Waals surface area contributed by atoms with E-state index in [0.717, 1.165) is 10.5 Å². The van der Waals surface area contributed by atoms with Crippen LogP contribution in [0.4, 0.5) is 4.39 Å². The van der Waals surface area contributed by atoms with Crippen molar-refractivity contribution < 1.29 is 9.13 Å². The number of halogens is 2. The lowest BCUT2D eigenvalue weighted by atomic mass is 10.2. The van der Waals surface area contributed by atoms with Crippen LogP contribution in [0.5, 0.6) is 11.5 Å². The van der Waals surface area contributed by atoms with Crippen LogP contribution in [0.3, 0.4) is 0 Å². The highest BCUT2D eigenvalue weighted by atomic mass is 79.9. The second-order valence-electron chi connectivity index (χ2n) is 3.82. The molecule has 0 aliphatic heterocycles. The van der Waals surface area contributed by atoms with Gasteiger partial charge < -0.3 is 10.5 Å². The van der Waals surface area contributed by atoms with E-state index in [4.69, 9.17) is 10.5 Å². The van der Waals surface area contributed by atoms with Crippen LogP contribution in [0.1, 0.15) is 5.56 Å². The standard InChI is InChI=1S/C14H13BrFNOS/c1-19-14-4-2-3-12(10(14)8-17)18-13-6-5-9(15)7-11(13)16/h2-7H,8,17H2,1H3. The maximum absolute atomic E-state index is 13.8. The molecule has 100 valence electrons. The molecule has 0 fully saturated rings. The molecule has 0 bridgehead atoms. The van der Waals surface area contributed by atoms with Crippen molar-refractivity contribution in [3.05, 3.63) is 52.3 Å². The first-order valence-electron chi connectivity index (χ1n) is 5.64. The molecule has 19 heavy (non-hydrogen) atoms. The minimum Gasteiger partial charge on any atom is -0.454 e. The highest BCUT2D eigenvalue weighted by molar-refractivity contribution is 9.10. The number of ether oxygens (including phenoxy) is 1. The van der Waals surface area contributed by atoms with E-state index in [9.17, 15) is 4.39 Å². The molecule has 0 aromatic heterocycles. The molecule has 0 heterocycles. The monoisotopic (exact) mass is 341 g/mol. The molecule has 5 heteroatoms. The van der Waals surface area contributed by atoms with Crippen molar-refractivity contribution in [1.29, 1.82) is 0 Å². The maximum Gasteiger partial charge on any atom is 0.166 e.